The fourth-order valence-corrected chi connectivity index (χ4v) is 3.31. The minimum absolute atomic E-state index is 0.0571. The number of para-hydroxylation sites is 2. The Balaban J connectivity index is 1.60. The van der Waals surface area contributed by atoms with Crippen molar-refractivity contribution in [2.24, 2.45) is 0 Å². The van der Waals surface area contributed by atoms with E-state index < -0.39 is 12.1 Å². The number of methoxy groups -OCH3 is 1. The molecule has 0 bridgehead atoms. The summed E-state index contributed by atoms with van der Waals surface area (Å²) in [6, 6.07) is 14.8. The number of Topliss-reactive ketones (excluding diaryl/α,β-unsaturated/α-hetero) is 1. The quantitative estimate of drug-likeness (QED) is 0.395. The van der Waals surface area contributed by atoms with Crippen molar-refractivity contribution in [1.82, 2.24) is 4.98 Å². The van der Waals surface area contributed by atoms with E-state index in [-0.39, 0.29) is 18.2 Å². The highest BCUT2D eigenvalue weighted by Crippen LogP contribution is 2.28. The highest BCUT2D eigenvalue weighted by molar-refractivity contribution is 6.10. The van der Waals surface area contributed by atoms with Crippen LogP contribution in [0.4, 0.5) is 0 Å². The van der Waals surface area contributed by atoms with Crippen LogP contribution >= 0.6 is 0 Å². The number of esters is 1. The summed E-state index contributed by atoms with van der Waals surface area (Å²) in [5, 5.41) is 1.58. The molecule has 6 heteroatoms. The molecule has 1 N–H and O–H groups in total. The first-order valence-electron chi connectivity index (χ1n) is 8.90. The molecular weight excluding hydrogens is 358 g/mol. The first kappa shape index (κ1) is 18.0. The molecule has 2 heterocycles. The van der Waals surface area contributed by atoms with Gasteiger partial charge in [-0.05, 0) is 19.1 Å². The molecular formula is C22H19NO5. The monoisotopic (exact) mass is 377 g/mol. The number of H-pyrrole nitrogens is 1. The van der Waals surface area contributed by atoms with Crippen LogP contribution in [0.2, 0.25) is 0 Å². The summed E-state index contributed by atoms with van der Waals surface area (Å²) >= 11 is 0. The summed E-state index contributed by atoms with van der Waals surface area (Å²) in [4.78, 5) is 28.6. The number of carbonyl (C=O) groups excluding carboxylic acids is 2. The first-order chi connectivity index (χ1) is 13.6. The van der Waals surface area contributed by atoms with Gasteiger partial charge in [0.25, 0.3) is 0 Å². The molecule has 4 rings (SSSR count). The molecule has 2 aromatic heterocycles. The molecule has 28 heavy (non-hydrogen) atoms. The van der Waals surface area contributed by atoms with Crippen LogP contribution in [0.3, 0.4) is 0 Å². The van der Waals surface area contributed by atoms with E-state index in [0.29, 0.717) is 16.7 Å². The number of rotatable bonds is 6. The van der Waals surface area contributed by atoms with E-state index in [4.69, 9.17) is 13.9 Å². The van der Waals surface area contributed by atoms with Crippen LogP contribution < -0.4 is 0 Å². The molecule has 4 aromatic rings. The lowest BCUT2D eigenvalue weighted by atomic mass is 10.1. The van der Waals surface area contributed by atoms with E-state index in [0.717, 1.165) is 16.3 Å². The highest BCUT2D eigenvalue weighted by atomic mass is 16.6. The minimum Gasteiger partial charge on any atom is -0.449 e. The first-order valence-corrected chi connectivity index (χ1v) is 8.90. The molecule has 0 saturated heterocycles. The Labute approximate surface area is 161 Å². The third-order valence-electron chi connectivity index (χ3n) is 4.68. The van der Waals surface area contributed by atoms with Gasteiger partial charge in [-0.3, -0.25) is 4.79 Å². The van der Waals surface area contributed by atoms with Crippen molar-refractivity contribution in [2.75, 3.05) is 7.11 Å². The summed E-state index contributed by atoms with van der Waals surface area (Å²) in [6.07, 6.45) is 0.671. The van der Waals surface area contributed by atoms with Crippen molar-refractivity contribution in [1.29, 1.82) is 0 Å². The van der Waals surface area contributed by atoms with Gasteiger partial charge in [-0.1, -0.05) is 36.4 Å². The van der Waals surface area contributed by atoms with Gasteiger partial charge in [0, 0.05) is 40.7 Å². The molecule has 0 amide bonds. The number of fused-ring (bicyclic) bond motifs is 2. The molecule has 0 aliphatic rings. The molecule has 2 aromatic carbocycles. The summed E-state index contributed by atoms with van der Waals surface area (Å²) in [5.41, 5.74) is 2.51. The second-order valence-electron chi connectivity index (χ2n) is 6.50. The highest BCUT2D eigenvalue weighted by Gasteiger charge is 2.27. The van der Waals surface area contributed by atoms with E-state index in [1.807, 2.05) is 42.5 Å². The number of nitrogens with one attached hydrogen (secondary N) is 1. The molecule has 0 aliphatic carbocycles. The Morgan fingerprint density at radius 3 is 2.57 bits per heavy atom. The van der Waals surface area contributed by atoms with Crippen LogP contribution in [-0.4, -0.2) is 30.0 Å². The van der Waals surface area contributed by atoms with E-state index in [1.54, 1.807) is 26.3 Å². The van der Waals surface area contributed by atoms with Crippen LogP contribution in [0.15, 0.2) is 59.1 Å². The second-order valence-corrected chi connectivity index (χ2v) is 6.50. The predicted molar refractivity (Wildman–Crippen MR) is 104 cm³/mol. The van der Waals surface area contributed by atoms with Gasteiger partial charge in [-0.2, -0.15) is 0 Å². The van der Waals surface area contributed by atoms with E-state index in [2.05, 4.69) is 4.98 Å². The standard InChI is InChI=1S/C22H19NO5/c1-13(20(24)16-11-23-18-9-5-3-7-14(16)18)27-22(25)21-17(12-26-2)15-8-4-6-10-19(15)28-21/h3-11,13,23H,12H2,1-2H3/t13-/m0/s1. The number of hydrogen-bond acceptors (Lipinski definition) is 5. The molecule has 0 fully saturated rings. The van der Waals surface area contributed by atoms with Crippen LogP contribution in [0.5, 0.6) is 0 Å². The van der Waals surface area contributed by atoms with Gasteiger partial charge >= 0.3 is 5.97 Å². The molecule has 0 saturated carbocycles. The average molecular weight is 377 g/mol. The van der Waals surface area contributed by atoms with Crippen LogP contribution in [0, 0.1) is 0 Å². The Bertz CT molecular complexity index is 1170. The van der Waals surface area contributed by atoms with Gasteiger partial charge in [-0.15, -0.1) is 0 Å². The van der Waals surface area contributed by atoms with Gasteiger partial charge in [0.15, 0.2) is 6.10 Å². The Morgan fingerprint density at radius 1 is 1.07 bits per heavy atom. The molecule has 0 spiro atoms. The largest absolute Gasteiger partial charge is 0.449 e. The molecule has 0 radical (unpaired) electrons. The summed E-state index contributed by atoms with van der Waals surface area (Å²) in [6.45, 7) is 1.76. The Hall–Kier alpha value is -3.38. The van der Waals surface area contributed by atoms with Gasteiger partial charge in [0.1, 0.15) is 5.58 Å². The van der Waals surface area contributed by atoms with Crippen LogP contribution in [-0.2, 0) is 16.1 Å². The number of benzene rings is 2. The Kier molecular flexibility index (Phi) is 4.71. The topological polar surface area (TPSA) is 81.5 Å². The molecule has 6 nitrogen and oxygen atoms in total. The maximum atomic E-state index is 12.8. The van der Waals surface area contributed by atoms with Gasteiger partial charge in [-0.25, -0.2) is 4.79 Å². The smallest absolute Gasteiger partial charge is 0.375 e. The zero-order chi connectivity index (χ0) is 19.7. The number of carbonyl (C=O) groups is 2. The number of aromatic amines is 1. The number of furan rings is 1. The Morgan fingerprint density at radius 2 is 1.79 bits per heavy atom. The van der Waals surface area contributed by atoms with Gasteiger partial charge < -0.3 is 18.9 Å². The number of hydrogen-bond donors (Lipinski definition) is 1. The van der Waals surface area contributed by atoms with Gasteiger partial charge in [0.05, 0.1) is 6.61 Å². The zero-order valence-electron chi connectivity index (χ0n) is 15.5. The van der Waals surface area contributed by atoms with Crippen molar-refractivity contribution in [3.8, 4) is 0 Å². The van der Waals surface area contributed by atoms with Crippen LogP contribution in [0.1, 0.15) is 33.4 Å². The summed E-state index contributed by atoms with van der Waals surface area (Å²) < 4.78 is 16.3. The van der Waals surface area contributed by atoms with E-state index in [1.165, 1.54) is 0 Å². The third kappa shape index (κ3) is 3.08. The fraction of sp³-hybridized carbons (Fsp3) is 0.182. The minimum atomic E-state index is -0.963. The normalized spacial score (nSPS) is 12.4. The third-order valence-corrected chi connectivity index (χ3v) is 4.68. The molecule has 1 atom stereocenters. The van der Waals surface area contributed by atoms with Crippen molar-refractivity contribution in [3.05, 3.63) is 71.6 Å². The maximum absolute atomic E-state index is 12.8. The zero-order valence-corrected chi connectivity index (χ0v) is 15.5. The second kappa shape index (κ2) is 7.32. The SMILES string of the molecule is COCc1c(C(=O)O[C@@H](C)C(=O)c2c[nH]c3ccccc23)oc2ccccc12. The number of ether oxygens (including phenoxy) is 2. The molecule has 0 aliphatic heterocycles. The van der Waals surface area contributed by atoms with Crippen molar-refractivity contribution in [3.63, 3.8) is 0 Å². The van der Waals surface area contributed by atoms with E-state index in [9.17, 15) is 9.59 Å². The molecule has 0 unspecified atom stereocenters. The maximum Gasteiger partial charge on any atom is 0.375 e. The van der Waals surface area contributed by atoms with Gasteiger partial charge in [0.2, 0.25) is 11.5 Å². The van der Waals surface area contributed by atoms with Crippen molar-refractivity contribution >= 4 is 33.6 Å². The fourth-order valence-electron chi connectivity index (χ4n) is 3.31. The lowest BCUT2D eigenvalue weighted by molar-refractivity contribution is 0.0287. The predicted octanol–water partition coefficient (Wildman–Crippen LogP) is 4.49. The van der Waals surface area contributed by atoms with Crippen molar-refractivity contribution < 1.29 is 23.5 Å². The number of aromatic nitrogens is 1. The average Bonchev–Trinajstić information content (AvgIpc) is 3.30. The van der Waals surface area contributed by atoms with Crippen LogP contribution in [0.25, 0.3) is 21.9 Å². The summed E-state index contributed by atoms with van der Waals surface area (Å²) in [7, 11) is 1.54. The lowest BCUT2D eigenvalue weighted by Crippen LogP contribution is -2.24. The molecule has 142 valence electrons. The lowest BCUT2D eigenvalue weighted by Gasteiger charge is -2.11. The van der Waals surface area contributed by atoms with Crippen molar-refractivity contribution in [2.45, 2.75) is 19.6 Å². The summed E-state index contributed by atoms with van der Waals surface area (Å²) in [5.74, 6) is -0.916. The van der Waals surface area contributed by atoms with E-state index >= 15 is 0 Å². The number of ketones is 1.